The average Bonchev–Trinajstić information content (AvgIpc) is 2.92. The molecule has 0 aromatic carbocycles. The quantitative estimate of drug-likeness (QED) is 0.471. The van der Waals surface area contributed by atoms with Gasteiger partial charge in [-0.25, -0.2) is 0 Å². The number of unbranched alkanes of at least 4 members (excludes halogenated alkanes) is 4. The summed E-state index contributed by atoms with van der Waals surface area (Å²) in [6.07, 6.45) is 12.0. The Labute approximate surface area is 130 Å². The molecule has 0 aliphatic heterocycles. The van der Waals surface area contributed by atoms with Crippen molar-refractivity contribution in [1.82, 2.24) is 5.32 Å². The van der Waals surface area contributed by atoms with E-state index in [-0.39, 0.29) is 0 Å². The van der Waals surface area contributed by atoms with Gasteiger partial charge in [0.25, 0.3) is 0 Å². The average molecular weight is 296 g/mol. The summed E-state index contributed by atoms with van der Waals surface area (Å²) in [5.74, 6) is 0. The molecule has 116 valence electrons. The summed E-state index contributed by atoms with van der Waals surface area (Å²) in [6, 6.07) is 5.30. The van der Waals surface area contributed by atoms with E-state index in [9.17, 15) is 0 Å². The van der Waals surface area contributed by atoms with Gasteiger partial charge in [0.1, 0.15) is 0 Å². The van der Waals surface area contributed by atoms with Crippen LogP contribution in [-0.4, -0.2) is 6.04 Å². The van der Waals surface area contributed by atoms with Crippen LogP contribution in [0.1, 0.15) is 81.9 Å². The molecule has 0 aliphatic carbocycles. The van der Waals surface area contributed by atoms with Crippen LogP contribution in [0.3, 0.4) is 0 Å². The van der Waals surface area contributed by atoms with Gasteiger partial charge in [0.2, 0.25) is 0 Å². The molecule has 0 saturated carbocycles. The fraction of sp³-hybridized carbons (Fsp3) is 0.778. The van der Waals surface area contributed by atoms with Gasteiger partial charge in [-0.2, -0.15) is 0 Å². The SMILES string of the molecule is CCCCCC(CCCCC)NCc1ccc(CC)s1. The van der Waals surface area contributed by atoms with E-state index in [2.05, 4.69) is 38.2 Å². The predicted molar refractivity (Wildman–Crippen MR) is 92.6 cm³/mol. The standard InChI is InChI=1S/C18H33NS/c1-4-7-9-11-16(12-10-8-5-2)19-15-18-14-13-17(6-3)20-18/h13-14,16,19H,4-12,15H2,1-3H3. The maximum atomic E-state index is 3.80. The molecule has 0 amide bonds. The van der Waals surface area contributed by atoms with Crippen LogP contribution in [0.25, 0.3) is 0 Å². The van der Waals surface area contributed by atoms with Gasteiger partial charge >= 0.3 is 0 Å². The molecular weight excluding hydrogens is 262 g/mol. The second kappa shape index (κ2) is 11.3. The number of aryl methyl sites for hydroxylation is 1. The lowest BCUT2D eigenvalue weighted by Gasteiger charge is -2.18. The van der Waals surface area contributed by atoms with Gasteiger partial charge in [-0.3, -0.25) is 0 Å². The summed E-state index contributed by atoms with van der Waals surface area (Å²) >= 11 is 1.97. The van der Waals surface area contributed by atoms with Gasteiger partial charge < -0.3 is 5.32 Å². The molecule has 0 radical (unpaired) electrons. The predicted octanol–water partition coefficient (Wildman–Crippen LogP) is 5.93. The van der Waals surface area contributed by atoms with Gasteiger partial charge in [-0.1, -0.05) is 59.3 Å². The minimum absolute atomic E-state index is 0.722. The summed E-state index contributed by atoms with van der Waals surface area (Å²) in [5, 5.41) is 3.80. The Balaban J connectivity index is 2.33. The van der Waals surface area contributed by atoms with E-state index in [1.807, 2.05) is 11.3 Å². The summed E-state index contributed by atoms with van der Waals surface area (Å²) in [4.78, 5) is 3.01. The smallest absolute Gasteiger partial charge is 0.0302 e. The van der Waals surface area contributed by atoms with Crippen molar-refractivity contribution < 1.29 is 0 Å². The molecule has 1 nitrogen and oxygen atoms in total. The molecule has 1 rings (SSSR count). The number of hydrogen-bond acceptors (Lipinski definition) is 2. The lowest BCUT2D eigenvalue weighted by Crippen LogP contribution is -2.28. The molecule has 1 aromatic heterocycles. The second-order valence-electron chi connectivity index (χ2n) is 5.79. The van der Waals surface area contributed by atoms with E-state index in [1.54, 1.807) is 0 Å². The Hall–Kier alpha value is -0.340. The highest BCUT2D eigenvalue weighted by Crippen LogP contribution is 2.18. The van der Waals surface area contributed by atoms with Gasteiger partial charge in [-0.15, -0.1) is 11.3 Å². The van der Waals surface area contributed by atoms with Crippen LogP contribution >= 0.6 is 11.3 Å². The third kappa shape index (κ3) is 7.44. The van der Waals surface area contributed by atoms with Crippen molar-refractivity contribution in [2.24, 2.45) is 0 Å². The van der Waals surface area contributed by atoms with Crippen molar-refractivity contribution in [3.8, 4) is 0 Å². The zero-order chi connectivity index (χ0) is 14.6. The Morgan fingerprint density at radius 2 is 1.50 bits per heavy atom. The van der Waals surface area contributed by atoms with E-state index in [0.29, 0.717) is 0 Å². The summed E-state index contributed by atoms with van der Waals surface area (Å²) in [7, 11) is 0. The van der Waals surface area contributed by atoms with Crippen molar-refractivity contribution in [1.29, 1.82) is 0 Å². The van der Waals surface area contributed by atoms with Gasteiger partial charge in [0, 0.05) is 22.3 Å². The molecule has 0 bridgehead atoms. The summed E-state index contributed by atoms with van der Waals surface area (Å²) in [5.41, 5.74) is 0. The first-order chi connectivity index (χ1) is 9.80. The van der Waals surface area contributed by atoms with Crippen LogP contribution in [0.4, 0.5) is 0 Å². The number of nitrogens with one attached hydrogen (secondary N) is 1. The van der Waals surface area contributed by atoms with Gasteiger partial charge in [0.15, 0.2) is 0 Å². The van der Waals surface area contributed by atoms with Crippen LogP contribution < -0.4 is 5.32 Å². The molecule has 20 heavy (non-hydrogen) atoms. The third-order valence-electron chi connectivity index (χ3n) is 3.94. The van der Waals surface area contributed by atoms with Crippen molar-refractivity contribution in [3.05, 3.63) is 21.9 Å². The van der Waals surface area contributed by atoms with E-state index in [1.165, 1.54) is 67.5 Å². The topological polar surface area (TPSA) is 12.0 Å². The maximum Gasteiger partial charge on any atom is 0.0302 e. The third-order valence-corrected chi connectivity index (χ3v) is 5.17. The number of hydrogen-bond donors (Lipinski definition) is 1. The maximum absolute atomic E-state index is 3.80. The zero-order valence-electron chi connectivity index (χ0n) is 13.7. The Morgan fingerprint density at radius 1 is 0.900 bits per heavy atom. The first-order valence-electron chi connectivity index (χ1n) is 8.61. The molecule has 0 fully saturated rings. The van der Waals surface area contributed by atoms with Crippen molar-refractivity contribution in [3.63, 3.8) is 0 Å². The van der Waals surface area contributed by atoms with Crippen molar-refractivity contribution >= 4 is 11.3 Å². The van der Waals surface area contributed by atoms with E-state index >= 15 is 0 Å². The highest BCUT2D eigenvalue weighted by Gasteiger charge is 2.08. The molecule has 1 N–H and O–H groups in total. The normalized spacial score (nSPS) is 11.4. The van der Waals surface area contributed by atoms with Crippen LogP contribution in [0.5, 0.6) is 0 Å². The van der Waals surface area contributed by atoms with E-state index < -0.39 is 0 Å². The highest BCUT2D eigenvalue weighted by molar-refractivity contribution is 7.11. The minimum atomic E-state index is 0.722. The molecule has 0 spiro atoms. The van der Waals surface area contributed by atoms with Gasteiger partial charge in [-0.05, 0) is 31.4 Å². The number of thiophene rings is 1. The van der Waals surface area contributed by atoms with Crippen LogP contribution in [0, 0.1) is 0 Å². The molecule has 1 aromatic rings. The van der Waals surface area contributed by atoms with Crippen molar-refractivity contribution in [2.45, 2.75) is 91.1 Å². The largest absolute Gasteiger partial charge is 0.309 e. The fourth-order valence-electron chi connectivity index (χ4n) is 2.58. The lowest BCUT2D eigenvalue weighted by molar-refractivity contribution is 0.419. The Morgan fingerprint density at radius 3 is 2.00 bits per heavy atom. The molecule has 2 heteroatoms. The fourth-order valence-corrected chi connectivity index (χ4v) is 3.49. The molecule has 0 aliphatic rings. The van der Waals surface area contributed by atoms with E-state index in [0.717, 1.165) is 12.6 Å². The molecule has 0 saturated heterocycles. The Bertz CT molecular complexity index is 322. The second-order valence-corrected chi connectivity index (χ2v) is 7.04. The van der Waals surface area contributed by atoms with Gasteiger partial charge in [0.05, 0.1) is 0 Å². The zero-order valence-corrected chi connectivity index (χ0v) is 14.5. The molecule has 0 atom stereocenters. The van der Waals surface area contributed by atoms with E-state index in [4.69, 9.17) is 0 Å². The highest BCUT2D eigenvalue weighted by atomic mass is 32.1. The van der Waals surface area contributed by atoms with Crippen LogP contribution in [-0.2, 0) is 13.0 Å². The van der Waals surface area contributed by atoms with Crippen LogP contribution in [0.15, 0.2) is 12.1 Å². The first-order valence-corrected chi connectivity index (χ1v) is 9.42. The van der Waals surface area contributed by atoms with Crippen LogP contribution in [0.2, 0.25) is 0 Å². The monoisotopic (exact) mass is 295 g/mol. The summed E-state index contributed by atoms with van der Waals surface area (Å²) < 4.78 is 0. The number of rotatable bonds is 12. The molecule has 1 heterocycles. The first kappa shape index (κ1) is 17.7. The summed E-state index contributed by atoms with van der Waals surface area (Å²) in [6.45, 7) is 7.88. The van der Waals surface area contributed by atoms with Crippen molar-refractivity contribution in [2.75, 3.05) is 0 Å². The molecule has 0 unspecified atom stereocenters. The minimum Gasteiger partial charge on any atom is -0.309 e. The Kier molecular flexibility index (Phi) is 10.0. The molecular formula is C18H33NS. The lowest BCUT2D eigenvalue weighted by atomic mass is 10.0.